The molecule has 3 atom stereocenters. The molecule has 0 bridgehead atoms. The zero-order chi connectivity index (χ0) is 13.9. The van der Waals surface area contributed by atoms with Crippen LogP contribution < -0.4 is 11.1 Å². The third-order valence-electron chi connectivity index (χ3n) is 3.95. The fourth-order valence-corrected chi connectivity index (χ4v) is 2.35. The Bertz CT molecular complexity index is 435. The highest BCUT2D eigenvalue weighted by Crippen LogP contribution is 2.28. The number of hydrogen-bond donors (Lipinski definition) is 2. The van der Waals surface area contributed by atoms with Crippen molar-refractivity contribution in [3.8, 4) is 0 Å². The maximum atomic E-state index is 12.4. The van der Waals surface area contributed by atoms with Crippen molar-refractivity contribution in [1.29, 1.82) is 0 Å². The molecule has 0 spiro atoms. The molecule has 1 aromatic rings. The molecule has 1 aliphatic rings. The third kappa shape index (κ3) is 2.80. The SMILES string of the molecule is CCC(NC(=O)C1(C)COCC1N)c1ccccc1. The summed E-state index contributed by atoms with van der Waals surface area (Å²) in [5.41, 5.74) is 6.48. The lowest BCUT2D eigenvalue weighted by Gasteiger charge is -2.28. The Kier molecular flexibility index (Phi) is 4.22. The maximum absolute atomic E-state index is 12.4. The second-order valence-electron chi connectivity index (χ2n) is 5.38. The van der Waals surface area contributed by atoms with Crippen LogP contribution in [0.1, 0.15) is 31.9 Å². The predicted molar refractivity (Wildman–Crippen MR) is 74.5 cm³/mol. The first-order chi connectivity index (χ1) is 9.08. The Morgan fingerprint density at radius 2 is 2.21 bits per heavy atom. The lowest BCUT2D eigenvalue weighted by molar-refractivity contribution is -0.131. The number of carbonyl (C=O) groups is 1. The summed E-state index contributed by atoms with van der Waals surface area (Å²) in [6.07, 6.45) is 0.849. The Balaban J connectivity index is 2.09. The van der Waals surface area contributed by atoms with E-state index in [0.29, 0.717) is 13.2 Å². The Morgan fingerprint density at radius 3 is 2.74 bits per heavy atom. The van der Waals surface area contributed by atoms with Crippen molar-refractivity contribution in [1.82, 2.24) is 5.32 Å². The highest BCUT2D eigenvalue weighted by atomic mass is 16.5. The fourth-order valence-electron chi connectivity index (χ4n) is 2.35. The van der Waals surface area contributed by atoms with Crippen molar-refractivity contribution < 1.29 is 9.53 Å². The van der Waals surface area contributed by atoms with Gasteiger partial charge < -0.3 is 15.8 Å². The fraction of sp³-hybridized carbons (Fsp3) is 0.533. The van der Waals surface area contributed by atoms with E-state index in [1.807, 2.05) is 37.3 Å². The molecule has 0 saturated carbocycles. The maximum Gasteiger partial charge on any atom is 0.230 e. The smallest absolute Gasteiger partial charge is 0.230 e. The molecule has 1 amide bonds. The van der Waals surface area contributed by atoms with E-state index in [1.165, 1.54) is 0 Å². The Morgan fingerprint density at radius 1 is 1.53 bits per heavy atom. The van der Waals surface area contributed by atoms with Gasteiger partial charge in [-0.05, 0) is 18.9 Å². The van der Waals surface area contributed by atoms with Gasteiger partial charge in [0.25, 0.3) is 0 Å². The lowest BCUT2D eigenvalue weighted by Crippen LogP contribution is -2.50. The van der Waals surface area contributed by atoms with Crippen LogP contribution in [0.3, 0.4) is 0 Å². The number of hydrogen-bond acceptors (Lipinski definition) is 3. The molecule has 1 heterocycles. The quantitative estimate of drug-likeness (QED) is 0.866. The number of carbonyl (C=O) groups excluding carboxylic acids is 1. The summed E-state index contributed by atoms with van der Waals surface area (Å²) >= 11 is 0. The van der Waals surface area contributed by atoms with Crippen molar-refractivity contribution in [3.05, 3.63) is 35.9 Å². The first kappa shape index (κ1) is 14.0. The van der Waals surface area contributed by atoms with Crippen molar-refractivity contribution >= 4 is 5.91 Å². The zero-order valence-electron chi connectivity index (χ0n) is 11.6. The van der Waals surface area contributed by atoms with E-state index in [1.54, 1.807) is 0 Å². The van der Waals surface area contributed by atoms with Gasteiger partial charge in [-0.2, -0.15) is 0 Å². The lowest BCUT2D eigenvalue weighted by atomic mass is 9.84. The summed E-state index contributed by atoms with van der Waals surface area (Å²) in [6.45, 7) is 4.78. The molecule has 2 rings (SSSR count). The van der Waals surface area contributed by atoms with Gasteiger partial charge in [0.1, 0.15) is 0 Å². The third-order valence-corrected chi connectivity index (χ3v) is 3.95. The molecule has 19 heavy (non-hydrogen) atoms. The van der Waals surface area contributed by atoms with Gasteiger partial charge in [0.05, 0.1) is 24.7 Å². The molecule has 104 valence electrons. The molecule has 4 nitrogen and oxygen atoms in total. The van der Waals surface area contributed by atoms with Crippen LogP contribution in [0.5, 0.6) is 0 Å². The molecule has 1 fully saturated rings. The minimum absolute atomic E-state index is 0.0202. The van der Waals surface area contributed by atoms with Crippen LogP contribution in [0.4, 0.5) is 0 Å². The molecule has 1 aromatic carbocycles. The molecule has 0 aromatic heterocycles. The van der Waals surface area contributed by atoms with Crippen LogP contribution in [0, 0.1) is 5.41 Å². The van der Waals surface area contributed by atoms with Gasteiger partial charge in [0, 0.05) is 6.04 Å². The van der Waals surface area contributed by atoms with Crippen LogP contribution >= 0.6 is 0 Å². The van der Waals surface area contributed by atoms with Gasteiger partial charge in [-0.25, -0.2) is 0 Å². The molecule has 1 aliphatic heterocycles. The van der Waals surface area contributed by atoms with Gasteiger partial charge >= 0.3 is 0 Å². The normalized spacial score (nSPS) is 28.1. The highest BCUT2D eigenvalue weighted by Gasteiger charge is 2.44. The van der Waals surface area contributed by atoms with E-state index < -0.39 is 5.41 Å². The van der Waals surface area contributed by atoms with Crippen LogP contribution in [0.2, 0.25) is 0 Å². The molecule has 4 heteroatoms. The molecule has 1 saturated heterocycles. The second-order valence-corrected chi connectivity index (χ2v) is 5.38. The number of nitrogens with two attached hydrogens (primary N) is 1. The summed E-state index contributed by atoms with van der Waals surface area (Å²) in [7, 11) is 0. The average Bonchev–Trinajstić information content (AvgIpc) is 2.78. The highest BCUT2D eigenvalue weighted by molar-refractivity contribution is 5.84. The van der Waals surface area contributed by atoms with Crippen molar-refractivity contribution in [2.24, 2.45) is 11.1 Å². The Labute approximate surface area is 114 Å². The van der Waals surface area contributed by atoms with Crippen molar-refractivity contribution in [2.75, 3.05) is 13.2 Å². The molecule has 0 radical (unpaired) electrons. The van der Waals surface area contributed by atoms with E-state index in [-0.39, 0.29) is 18.0 Å². The molecule has 3 N–H and O–H groups in total. The van der Waals surface area contributed by atoms with Crippen molar-refractivity contribution in [3.63, 3.8) is 0 Å². The topological polar surface area (TPSA) is 64.3 Å². The molecule has 0 aliphatic carbocycles. The van der Waals surface area contributed by atoms with Gasteiger partial charge in [-0.1, -0.05) is 37.3 Å². The monoisotopic (exact) mass is 262 g/mol. The average molecular weight is 262 g/mol. The number of rotatable bonds is 4. The van der Waals surface area contributed by atoms with Gasteiger partial charge in [-0.15, -0.1) is 0 Å². The summed E-state index contributed by atoms with van der Waals surface area (Å²) in [4.78, 5) is 12.4. The van der Waals surface area contributed by atoms with Crippen LogP contribution in [0.25, 0.3) is 0 Å². The zero-order valence-corrected chi connectivity index (χ0v) is 11.6. The molecule has 3 unspecified atom stereocenters. The minimum Gasteiger partial charge on any atom is -0.379 e. The van der Waals surface area contributed by atoms with Crippen molar-refractivity contribution in [2.45, 2.75) is 32.4 Å². The summed E-state index contributed by atoms with van der Waals surface area (Å²) in [5.74, 6) is -0.0202. The van der Waals surface area contributed by atoms with E-state index in [9.17, 15) is 4.79 Å². The van der Waals surface area contributed by atoms with E-state index in [4.69, 9.17) is 10.5 Å². The number of ether oxygens (including phenoxy) is 1. The summed E-state index contributed by atoms with van der Waals surface area (Å²) in [6, 6.07) is 9.79. The van der Waals surface area contributed by atoms with E-state index in [2.05, 4.69) is 12.2 Å². The van der Waals surface area contributed by atoms with E-state index >= 15 is 0 Å². The predicted octanol–water partition coefficient (Wildman–Crippen LogP) is 1.62. The minimum atomic E-state index is -0.623. The first-order valence-corrected chi connectivity index (χ1v) is 6.77. The van der Waals surface area contributed by atoms with Crippen LogP contribution in [-0.4, -0.2) is 25.2 Å². The summed E-state index contributed by atoms with van der Waals surface area (Å²) in [5, 5.41) is 3.10. The summed E-state index contributed by atoms with van der Waals surface area (Å²) < 4.78 is 5.33. The largest absolute Gasteiger partial charge is 0.379 e. The van der Waals surface area contributed by atoms with Gasteiger partial charge in [0.15, 0.2) is 0 Å². The molecular formula is C15H22N2O2. The molecular weight excluding hydrogens is 240 g/mol. The van der Waals surface area contributed by atoms with Crippen LogP contribution in [-0.2, 0) is 9.53 Å². The van der Waals surface area contributed by atoms with Crippen LogP contribution in [0.15, 0.2) is 30.3 Å². The second kappa shape index (κ2) is 5.72. The number of amides is 1. The van der Waals surface area contributed by atoms with Gasteiger partial charge in [-0.3, -0.25) is 4.79 Å². The van der Waals surface area contributed by atoms with E-state index in [0.717, 1.165) is 12.0 Å². The number of benzene rings is 1. The number of nitrogens with one attached hydrogen (secondary N) is 1. The standard InChI is InChI=1S/C15H22N2O2/c1-3-12(11-7-5-4-6-8-11)17-14(18)15(2)10-19-9-13(15)16/h4-8,12-13H,3,9-10,16H2,1-2H3,(H,17,18). The Hall–Kier alpha value is -1.39. The first-order valence-electron chi connectivity index (χ1n) is 6.77. The van der Waals surface area contributed by atoms with Gasteiger partial charge in [0.2, 0.25) is 5.91 Å².